The van der Waals surface area contributed by atoms with Crippen molar-refractivity contribution in [3.8, 4) is 16.9 Å². The minimum absolute atomic E-state index is 0.131. The van der Waals surface area contributed by atoms with E-state index in [1.165, 1.54) is 12.0 Å². The Hall–Kier alpha value is -3.80. The summed E-state index contributed by atoms with van der Waals surface area (Å²) in [6.45, 7) is 4.45. The van der Waals surface area contributed by atoms with Gasteiger partial charge in [-0.1, -0.05) is 42.5 Å². The number of nitrogens with zero attached hydrogens (tertiary/aromatic N) is 3. The first-order valence-electron chi connectivity index (χ1n) is 13.0. The maximum Gasteiger partial charge on any atom is 0.320 e. The first kappa shape index (κ1) is 22.7. The number of carbonyl (C=O) groups excluding carboxylic acids is 1. The molecule has 0 spiro atoms. The van der Waals surface area contributed by atoms with E-state index in [0.717, 1.165) is 65.1 Å². The molecular weight excluding hydrogens is 448 g/mol. The van der Waals surface area contributed by atoms with E-state index in [9.17, 15) is 4.79 Å². The van der Waals surface area contributed by atoms with Crippen LogP contribution in [0.3, 0.4) is 0 Å². The summed E-state index contributed by atoms with van der Waals surface area (Å²) in [7, 11) is 0. The van der Waals surface area contributed by atoms with Gasteiger partial charge in [0.05, 0.1) is 24.1 Å². The smallest absolute Gasteiger partial charge is 0.320 e. The number of hydrogen-bond donors (Lipinski definition) is 1. The number of H-pyrrole nitrogens is 1. The Morgan fingerprint density at radius 3 is 2.75 bits per heavy atom. The number of imidazole rings is 1. The topological polar surface area (TPSA) is 61.5 Å². The van der Waals surface area contributed by atoms with Crippen molar-refractivity contribution in [1.82, 2.24) is 19.8 Å². The molecule has 0 aliphatic carbocycles. The lowest BCUT2D eigenvalue weighted by atomic mass is 9.96. The third-order valence-corrected chi connectivity index (χ3v) is 7.43. The summed E-state index contributed by atoms with van der Waals surface area (Å²) in [5, 5.41) is 0. The van der Waals surface area contributed by atoms with Crippen molar-refractivity contribution in [3.05, 3.63) is 83.7 Å². The van der Waals surface area contributed by atoms with E-state index in [0.29, 0.717) is 19.7 Å². The molecular formula is C30H32N4O2. The molecule has 2 aliphatic heterocycles. The van der Waals surface area contributed by atoms with Crippen molar-refractivity contribution < 1.29 is 9.53 Å². The van der Waals surface area contributed by atoms with E-state index in [2.05, 4.69) is 69.5 Å². The number of hydrogen-bond acceptors (Lipinski definition) is 3. The Morgan fingerprint density at radius 1 is 1.03 bits per heavy atom. The third-order valence-electron chi connectivity index (χ3n) is 7.43. The van der Waals surface area contributed by atoms with Gasteiger partial charge in [0.1, 0.15) is 18.2 Å². The fourth-order valence-corrected chi connectivity index (χ4v) is 5.59. The largest absolute Gasteiger partial charge is 0.491 e. The van der Waals surface area contributed by atoms with Gasteiger partial charge in [0.15, 0.2) is 0 Å². The molecule has 0 saturated carbocycles. The van der Waals surface area contributed by atoms with Crippen LogP contribution in [0, 0.1) is 6.92 Å². The van der Waals surface area contributed by atoms with Gasteiger partial charge in [0.2, 0.25) is 0 Å². The van der Waals surface area contributed by atoms with E-state index in [1.54, 1.807) is 0 Å². The van der Waals surface area contributed by atoms with Crippen LogP contribution in [-0.4, -0.2) is 51.5 Å². The normalized spacial score (nSPS) is 18.0. The van der Waals surface area contributed by atoms with Crippen LogP contribution in [0.25, 0.3) is 22.2 Å². The Bertz CT molecular complexity index is 1380. The molecule has 0 bridgehead atoms. The number of piperidine rings is 1. The van der Waals surface area contributed by atoms with E-state index >= 15 is 0 Å². The van der Waals surface area contributed by atoms with Crippen LogP contribution in [0.5, 0.6) is 5.75 Å². The second-order valence-electron chi connectivity index (χ2n) is 9.96. The van der Waals surface area contributed by atoms with E-state index in [1.807, 2.05) is 24.0 Å². The highest BCUT2D eigenvalue weighted by Gasteiger charge is 2.31. The van der Waals surface area contributed by atoms with E-state index in [-0.39, 0.29) is 12.1 Å². The fraction of sp³-hybridized carbons (Fsp3) is 0.333. The summed E-state index contributed by atoms with van der Waals surface area (Å²) in [5.74, 6) is 1.78. The summed E-state index contributed by atoms with van der Waals surface area (Å²) < 4.78 is 6.07. The average molecular weight is 481 g/mol. The fourth-order valence-electron chi connectivity index (χ4n) is 5.59. The number of nitrogens with one attached hydrogen (secondary N) is 1. The first-order valence-corrected chi connectivity index (χ1v) is 13.0. The highest BCUT2D eigenvalue weighted by Crippen LogP contribution is 2.31. The standard InChI is InChI=1S/C30H32N4O2/c1-21-31-27-12-10-24(19-28(27)32-21)23-11-13-29-25(18-23)20-33(15-16-36-29)30(35)34-14-6-5-9-26(34)17-22-7-3-2-4-8-22/h2-4,7-8,10-13,18-19,26H,5-6,9,14-17,20H2,1H3,(H,31,32). The van der Waals surface area contributed by atoms with Gasteiger partial charge in [0, 0.05) is 18.2 Å². The van der Waals surface area contributed by atoms with Gasteiger partial charge in [-0.2, -0.15) is 0 Å². The van der Waals surface area contributed by atoms with Crippen LogP contribution in [0.2, 0.25) is 0 Å². The molecule has 1 saturated heterocycles. The van der Waals surface area contributed by atoms with Crippen molar-refractivity contribution in [3.63, 3.8) is 0 Å². The summed E-state index contributed by atoms with van der Waals surface area (Å²) in [6.07, 6.45) is 4.21. The Morgan fingerprint density at radius 2 is 1.86 bits per heavy atom. The number of aromatic amines is 1. The van der Waals surface area contributed by atoms with Crippen LogP contribution < -0.4 is 4.74 Å². The highest BCUT2D eigenvalue weighted by atomic mass is 16.5. The molecule has 36 heavy (non-hydrogen) atoms. The molecule has 6 rings (SSSR count). The minimum Gasteiger partial charge on any atom is -0.491 e. The monoisotopic (exact) mass is 480 g/mol. The maximum absolute atomic E-state index is 13.8. The molecule has 2 amide bonds. The summed E-state index contributed by atoms with van der Waals surface area (Å²) >= 11 is 0. The van der Waals surface area contributed by atoms with Crippen LogP contribution in [0.15, 0.2) is 66.7 Å². The molecule has 1 N–H and O–H groups in total. The summed E-state index contributed by atoms with van der Waals surface area (Å²) in [5.41, 5.74) is 6.58. The van der Waals surface area contributed by atoms with Gasteiger partial charge >= 0.3 is 6.03 Å². The molecule has 1 aromatic heterocycles. The predicted octanol–water partition coefficient (Wildman–Crippen LogP) is 5.95. The minimum atomic E-state index is 0.131. The second-order valence-corrected chi connectivity index (χ2v) is 9.96. The number of aromatic nitrogens is 2. The number of carbonyl (C=O) groups is 1. The number of ether oxygens (including phenoxy) is 1. The van der Waals surface area contributed by atoms with Crippen LogP contribution in [-0.2, 0) is 13.0 Å². The zero-order valence-electron chi connectivity index (χ0n) is 20.7. The molecule has 184 valence electrons. The third kappa shape index (κ3) is 4.55. The maximum atomic E-state index is 13.8. The zero-order chi connectivity index (χ0) is 24.5. The number of fused-ring (bicyclic) bond motifs is 2. The van der Waals surface area contributed by atoms with Gasteiger partial charge in [0.25, 0.3) is 0 Å². The highest BCUT2D eigenvalue weighted by molar-refractivity contribution is 5.82. The molecule has 1 fully saturated rings. The SMILES string of the molecule is Cc1nc2ccc(-c3ccc4c(c3)CN(C(=O)N3CCCCC3Cc3ccccc3)CCO4)cc2[nH]1. The molecule has 3 heterocycles. The lowest BCUT2D eigenvalue weighted by Gasteiger charge is -2.39. The number of likely N-dealkylation sites (tertiary alicyclic amines) is 1. The van der Waals surface area contributed by atoms with Crippen LogP contribution in [0.1, 0.15) is 36.2 Å². The molecule has 6 nitrogen and oxygen atoms in total. The van der Waals surface area contributed by atoms with Gasteiger partial charge in [-0.3, -0.25) is 0 Å². The molecule has 1 unspecified atom stereocenters. The van der Waals surface area contributed by atoms with Gasteiger partial charge in [-0.15, -0.1) is 0 Å². The van der Waals surface area contributed by atoms with Crippen molar-refractivity contribution in [1.29, 1.82) is 0 Å². The predicted molar refractivity (Wildman–Crippen MR) is 142 cm³/mol. The number of rotatable bonds is 3. The molecule has 4 aromatic rings. The molecule has 6 heteroatoms. The second kappa shape index (κ2) is 9.69. The lowest BCUT2D eigenvalue weighted by molar-refractivity contribution is 0.110. The summed E-state index contributed by atoms with van der Waals surface area (Å²) in [6, 6.07) is 23.5. The van der Waals surface area contributed by atoms with Gasteiger partial charge in [-0.25, -0.2) is 9.78 Å². The van der Waals surface area contributed by atoms with Crippen molar-refractivity contribution >= 4 is 17.1 Å². The van der Waals surface area contributed by atoms with Crippen LogP contribution >= 0.6 is 0 Å². The van der Waals surface area contributed by atoms with Gasteiger partial charge < -0.3 is 19.5 Å². The number of amides is 2. The van der Waals surface area contributed by atoms with Crippen molar-refractivity contribution in [2.45, 2.75) is 45.2 Å². The molecule has 1 atom stereocenters. The van der Waals surface area contributed by atoms with E-state index < -0.39 is 0 Å². The first-order chi connectivity index (χ1) is 17.6. The van der Waals surface area contributed by atoms with Gasteiger partial charge in [-0.05, 0) is 73.6 Å². The van der Waals surface area contributed by atoms with Crippen molar-refractivity contribution in [2.24, 2.45) is 0 Å². The molecule has 3 aromatic carbocycles. The Labute approximate surface area is 211 Å². The Balaban J connectivity index is 1.24. The van der Waals surface area contributed by atoms with Crippen LogP contribution in [0.4, 0.5) is 4.79 Å². The zero-order valence-corrected chi connectivity index (χ0v) is 20.7. The summed E-state index contributed by atoms with van der Waals surface area (Å²) in [4.78, 5) is 25.7. The van der Waals surface area contributed by atoms with Crippen molar-refractivity contribution in [2.75, 3.05) is 19.7 Å². The molecule has 2 aliphatic rings. The average Bonchev–Trinajstić information content (AvgIpc) is 3.14. The quantitative estimate of drug-likeness (QED) is 0.394. The Kier molecular flexibility index (Phi) is 6.09. The number of urea groups is 1. The number of benzene rings is 3. The lowest BCUT2D eigenvalue weighted by Crippen LogP contribution is -2.51. The number of aryl methyl sites for hydroxylation is 1. The molecule has 0 radical (unpaired) electrons. The van der Waals surface area contributed by atoms with E-state index in [4.69, 9.17) is 4.74 Å².